The number of β-lactam (4-membered cyclic amide) rings is 1. The second-order valence-electron chi connectivity index (χ2n) is 8.22. The number of nitrogens with one attached hydrogen (secondary N) is 2. The van der Waals surface area contributed by atoms with E-state index in [1.54, 1.807) is 23.3 Å². The zero-order valence-corrected chi connectivity index (χ0v) is 22.2. The molecule has 0 spiro atoms. The van der Waals surface area contributed by atoms with Crippen LogP contribution >= 0.6 is 34.9 Å². The molecule has 39 heavy (non-hydrogen) atoms. The first-order chi connectivity index (χ1) is 18.6. The molecule has 2 atom stereocenters. The third-order valence-electron chi connectivity index (χ3n) is 5.83. The zero-order valence-electron chi connectivity index (χ0n) is 19.8. The summed E-state index contributed by atoms with van der Waals surface area (Å²) in [7, 11) is 1.71. The van der Waals surface area contributed by atoms with Crippen molar-refractivity contribution in [1.29, 1.82) is 0 Å². The van der Waals surface area contributed by atoms with Crippen molar-refractivity contribution in [1.82, 2.24) is 30.9 Å². The summed E-state index contributed by atoms with van der Waals surface area (Å²) in [6, 6.07) is -1.13. The smallest absolute Gasteiger partial charge is 0.352 e. The molecule has 1 aromatic rings. The van der Waals surface area contributed by atoms with Crippen molar-refractivity contribution in [2.24, 2.45) is 4.99 Å². The van der Waals surface area contributed by atoms with Gasteiger partial charge in [0.1, 0.15) is 28.6 Å². The molecule has 204 valence electrons. The highest BCUT2D eigenvalue weighted by Gasteiger charge is 2.57. The number of thiazole rings is 1. The van der Waals surface area contributed by atoms with Crippen LogP contribution in [-0.2, 0) is 24.0 Å². The van der Waals surface area contributed by atoms with E-state index in [0.29, 0.717) is 16.4 Å². The number of rotatable bonds is 8. The Bertz CT molecular complexity index is 1420. The summed E-state index contributed by atoms with van der Waals surface area (Å²) in [4.78, 5) is 71.6. The number of thioether (sulfide) groups is 2. The summed E-state index contributed by atoms with van der Waals surface area (Å²) in [6.07, 6.45) is 3.10. The minimum Gasteiger partial charge on any atom is -0.477 e. The number of anilines is 2. The number of nitrogens with zero attached hydrogens (tertiary/aromatic N) is 6. The Hall–Kier alpha value is -3.91. The second-order valence-corrected chi connectivity index (χ2v) is 11.2. The Labute approximate surface area is 231 Å². The van der Waals surface area contributed by atoms with Crippen LogP contribution in [0.15, 0.2) is 44.8 Å². The van der Waals surface area contributed by atoms with Crippen LogP contribution in [-0.4, -0.2) is 95.9 Å². The second kappa shape index (κ2) is 10.3. The number of hydroxylamine groups is 1. The minimum absolute atomic E-state index is 0.0379. The van der Waals surface area contributed by atoms with E-state index in [1.165, 1.54) is 40.5 Å². The van der Waals surface area contributed by atoms with E-state index in [1.807, 2.05) is 0 Å². The number of amides is 3. The molecule has 4 aliphatic rings. The van der Waals surface area contributed by atoms with Gasteiger partial charge in [-0.25, -0.2) is 25.3 Å². The van der Waals surface area contributed by atoms with Crippen molar-refractivity contribution in [3.05, 3.63) is 39.8 Å². The number of aromatic nitrogens is 1. The number of carbonyl (C=O) groups excluding carboxylic acids is 4. The first kappa shape index (κ1) is 26.7. The Morgan fingerprint density at radius 1 is 1.41 bits per heavy atom. The molecule has 0 aromatic carbocycles. The highest BCUT2D eigenvalue weighted by molar-refractivity contribution is 8.03. The Balaban J connectivity index is 1.40. The standard InChI is InChI=1S/C20H19N9O7S3/c1-26-3-10-22-9(16(32)24-36)2-13(29(10)25-26)37-5-8-6-38-18-15(17(33)28(18)14(8)19(34)35)27(12(31)4-30)11-7-39-20(21)23-11/h2-4,7,15,18,25,36H,5-6H2,1H3,(H2,21,23)(H,24,32)(H,34,35)/t15-,18-/m1/s1. The Morgan fingerprint density at radius 3 is 2.82 bits per heavy atom. The van der Waals surface area contributed by atoms with Crippen molar-refractivity contribution in [2.75, 3.05) is 29.2 Å². The highest BCUT2D eigenvalue weighted by Crippen LogP contribution is 2.45. The summed E-state index contributed by atoms with van der Waals surface area (Å²) in [5.74, 6) is -3.07. The molecular weight excluding hydrogens is 574 g/mol. The fourth-order valence-electron chi connectivity index (χ4n) is 4.21. The largest absolute Gasteiger partial charge is 0.477 e. The molecule has 4 aliphatic heterocycles. The average Bonchev–Trinajstić information content (AvgIpc) is 3.52. The Morgan fingerprint density at radius 2 is 2.18 bits per heavy atom. The van der Waals surface area contributed by atoms with E-state index in [0.717, 1.165) is 21.1 Å². The molecule has 16 nitrogen and oxygen atoms in total. The average molecular weight is 594 g/mol. The molecule has 19 heteroatoms. The van der Waals surface area contributed by atoms with Crippen LogP contribution in [0.1, 0.15) is 0 Å². The van der Waals surface area contributed by atoms with Crippen LogP contribution in [0.2, 0.25) is 0 Å². The van der Waals surface area contributed by atoms with Gasteiger partial charge in [-0.1, -0.05) is 0 Å². The summed E-state index contributed by atoms with van der Waals surface area (Å²) in [6.45, 7) is 0. The van der Waals surface area contributed by atoms with Gasteiger partial charge in [-0.2, -0.15) is 0 Å². The van der Waals surface area contributed by atoms with Crippen LogP contribution < -0.4 is 21.6 Å². The maximum absolute atomic E-state index is 13.3. The number of carboxylic acids is 1. The maximum atomic E-state index is 13.3. The van der Waals surface area contributed by atoms with Crippen LogP contribution in [0.3, 0.4) is 0 Å². The number of hydrogen-bond donors (Lipinski definition) is 5. The van der Waals surface area contributed by atoms with E-state index in [4.69, 9.17) is 10.9 Å². The predicted octanol–water partition coefficient (Wildman–Crippen LogP) is -1.12. The lowest BCUT2D eigenvalue weighted by molar-refractivity contribution is -0.149. The van der Waals surface area contributed by atoms with Gasteiger partial charge in [0.2, 0.25) is 6.29 Å². The summed E-state index contributed by atoms with van der Waals surface area (Å²) in [5.41, 5.74) is 10.3. The fraction of sp³-hybridized carbons (Fsp3) is 0.250. The van der Waals surface area contributed by atoms with E-state index in [9.17, 15) is 29.1 Å². The van der Waals surface area contributed by atoms with Crippen molar-refractivity contribution in [2.45, 2.75) is 11.4 Å². The van der Waals surface area contributed by atoms with E-state index in [2.05, 4.69) is 15.5 Å². The molecule has 0 aliphatic carbocycles. The third kappa shape index (κ3) is 4.63. The normalized spacial score (nSPS) is 21.8. The number of fused-ring (bicyclic) bond motifs is 2. The number of carboxylic acid groups (broad SMARTS) is 1. The molecule has 0 radical (unpaired) electrons. The molecule has 5 heterocycles. The summed E-state index contributed by atoms with van der Waals surface area (Å²) >= 11 is 3.46. The quantitative estimate of drug-likeness (QED) is 0.0794. The van der Waals surface area contributed by atoms with Crippen molar-refractivity contribution >= 4 is 81.5 Å². The molecular formula is C20H19N9O7S3. The first-order valence-corrected chi connectivity index (χ1v) is 13.8. The monoisotopic (exact) mass is 593 g/mol. The van der Waals surface area contributed by atoms with Gasteiger partial charge in [0.15, 0.2) is 11.0 Å². The lowest BCUT2D eigenvalue weighted by atomic mass is 10.0. The Kier molecular flexibility index (Phi) is 7.07. The van der Waals surface area contributed by atoms with Crippen LogP contribution in [0.25, 0.3) is 0 Å². The topological polar surface area (TPSA) is 214 Å². The van der Waals surface area contributed by atoms with Crippen LogP contribution in [0.4, 0.5) is 10.9 Å². The lowest BCUT2D eigenvalue weighted by Gasteiger charge is -2.52. The molecule has 6 N–H and O–H groups in total. The number of hydrogen-bond acceptors (Lipinski definition) is 15. The van der Waals surface area contributed by atoms with Gasteiger partial charge in [-0.3, -0.25) is 39.2 Å². The van der Waals surface area contributed by atoms with Crippen LogP contribution in [0, 0.1) is 0 Å². The van der Waals surface area contributed by atoms with Crippen molar-refractivity contribution in [3.63, 3.8) is 0 Å². The molecule has 0 unspecified atom stereocenters. The molecule has 1 saturated heterocycles. The predicted molar refractivity (Wildman–Crippen MR) is 140 cm³/mol. The number of aliphatic carboxylic acids is 1. The van der Waals surface area contributed by atoms with Gasteiger partial charge in [0.05, 0.1) is 11.2 Å². The number of carbonyl (C=O) groups is 5. The summed E-state index contributed by atoms with van der Waals surface area (Å²) < 4.78 is 0. The molecule has 0 saturated carbocycles. The van der Waals surface area contributed by atoms with E-state index >= 15 is 0 Å². The van der Waals surface area contributed by atoms with E-state index in [-0.39, 0.29) is 40.2 Å². The number of nitrogens with two attached hydrogens (primary N) is 1. The molecule has 1 aromatic heterocycles. The number of hydrazine groups is 2. The number of aldehydes is 1. The lowest BCUT2D eigenvalue weighted by Crippen LogP contribution is -2.72. The SMILES string of the molecule is CN1C=C2N=C(C(=O)NO)C=C(SCC3=C(C(=O)O)N4C(=O)[C@@H](N(C(=O)C=O)c5csc(N)n5)[C@H]4SC3)N2N1. The van der Waals surface area contributed by atoms with Gasteiger partial charge < -0.3 is 10.8 Å². The number of nitrogen functional groups attached to an aromatic ring is 1. The van der Waals surface area contributed by atoms with E-state index < -0.39 is 35.1 Å². The molecule has 3 amide bonds. The van der Waals surface area contributed by atoms with Gasteiger partial charge in [0.25, 0.3) is 17.7 Å². The third-order valence-corrected chi connectivity index (χ3v) is 8.91. The first-order valence-electron chi connectivity index (χ1n) is 10.9. The van der Waals surface area contributed by atoms with Crippen molar-refractivity contribution < 1.29 is 34.3 Å². The maximum Gasteiger partial charge on any atom is 0.352 e. The van der Waals surface area contributed by atoms with Crippen molar-refractivity contribution in [3.8, 4) is 0 Å². The molecule has 0 bridgehead atoms. The fourth-order valence-corrected chi connectivity index (χ4v) is 7.28. The van der Waals surface area contributed by atoms with Gasteiger partial charge in [-0.05, 0) is 5.57 Å². The van der Waals surface area contributed by atoms with Crippen LogP contribution in [0.5, 0.6) is 0 Å². The molecule has 5 rings (SSSR count). The summed E-state index contributed by atoms with van der Waals surface area (Å²) in [5, 5.41) is 23.5. The highest BCUT2D eigenvalue weighted by atomic mass is 32.2. The van der Waals surface area contributed by atoms with Gasteiger partial charge >= 0.3 is 5.97 Å². The number of aliphatic imine (C=N–C) groups is 1. The van der Waals surface area contributed by atoms with Gasteiger partial charge in [0, 0.05) is 30.0 Å². The minimum atomic E-state index is -1.33. The van der Waals surface area contributed by atoms with Gasteiger partial charge in [-0.15, -0.1) is 40.4 Å². The zero-order chi connectivity index (χ0) is 28.0. The molecule has 1 fully saturated rings.